The van der Waals surface area contributed by atoms with Gasteiger partial charge in [0.25, 0.3) is 5.91 Å². The largest absolute Gasteiger partial charge is 0.480 e. The number of hydrogen-bond acceptors (Lipinski definition) is 5. The van der Waals surface area contributed by atoms with Gasteiger partial charge in [0.1, 0.15) is 6.54 Å². The molecule has 3 rings (SSSR count). The molecule has 0 spiro atoms. The average molecular weight is 395 g/mol. The molecule has 8 nitrogen and oxygen atoms in total. The Balaban J connectivity index is 1.95. The van der Waals surface area contributed by atoms with Crippen LogP contribution in [0.2, 0.25) is 0 Å². The number of nitrogens with one attached hydrogen (secondary N) is 1. The third-order valence-corrected chi connectivity index (χ3v) is 6.91. The minimum absolute atomic E-state index is 0.0767. The second-order valence-electron chi connectivity index (χ2n) is 6.91. The molecule has 0 atom stereocenters. The monoisotopic (exact) mass is 395 g/mol. The van der Waals surface area contributed by atoms with Gasteiger partial charge in [-0.3, -0.25) is 9.59 Å². The molecule has 2 fully saturated rings. The smallest absolute Gasteiger partial charge is 0.322 e. The predicted octanol–water partition coefficient (Wildman–Crippen LogP) is 1.28. The number of rotatable bonds is 6. The number of aliphatic carboxylic acids is 1. The van der Waals surface area contributed by atoms with Crippen molar-refractivity contribution >= 4 is 27.6 Å². The number of nitrogens with zero attached hydrogens (tertiary/aromatic N) is 2. The second kappa shape index (κ2) is 8.26. The van der Waals surface area contributed by atoms with E-state index in [1.165, 1.54) is 10.4 Å². The van der Waals surface area contributed by atoms with Crippen LogP contribution in [0.1, 0.15) is 42.5 Å². The zero-order valence-electron chi connectivity index (χ0n) is 15.2. The zero-order chi connectivity index (χ0) is 19.4. The van der Waals surface area contributed by atoms with Crippen LogP contribution in [0.25, 0.3) is 0 Å². The molecule has 1 aromatic rings. The lowest BCUT2D eigenvalue weighted by Crippen LogP contribution is -2.36. The molecular formula is C18H25N3O5S. The molecule has 2 N–H and O–H groups in total. The summed E-state index contributed by atoms with van der Waals surface area (Å²) >= 11 is 0. The van der Waals surface area contributed by atoms with Crippen molar-refractivity contribution in [1.82, 2.24) is 9.62 Å². The van der Waals surface area contributed by atoms with Gasteiger partial charge in [0.2, 0.25) is 10.0 Å². The minimum atomic E-state index is -3.67. The number of anilines is 1. The van der Waals surface area contributed by atoms with Gasteiger partial charge < -0.3 is 15.3 Å². The molecule has 0 radical (unpaired) electrons. The van der Waals surface area contributed by atoms with Gasteiger partial charge in [-0.2, -0.15) is 4.31 Å². The molecule has 27 heavy (non-hydrogen) atoms. The van der Waals surface area contributed by atoms with E-state index >= 15 is 0 Å². The van der Waals surface area contributed by atoms with E-state index in [4.69, 9.17) is 5.11 Å². The predicted molar refractivity (Wildman–Crippen MR) is 100 cm³/mol. The molecule has 2 saturated heterocycles. The Hall–Kier alpha value is -2.13. The number of carboxylic acids is 1. The Morgan fingerprint density at radius 2 is 1.63 bits per heavy atom. The summed E-state index contributed by atoms with van der Waals surface area (Å²) in [6.45, 7) is 2.03. The van der Waals surface area contributed by atoms with Gasteiger partial charge in [0.05, 0.1) is 10.5 Å². The topological polar surface area (TPSA) is 107 Å². The van der Waals surface area contributed by atoms with Crippen LogP contribution in [0, 0.1) is 0 Å². The van der Waals surface area contributed by atoms with Crippen molar-refractivity contribution in [2.24, 2.45) is 0 Å². The maximum absolute atomic E-state index is 12.9. The zero-order valence-corrected chi connectivity index (χ0v) is 16.0. The van der Waals surface area contributed by atoms with Crippen LogP contribution in [-0.4, -0.2) is 62.4 Å². The first-order chi connectivity index (χ1) is 12.9. The van der Waals surface area contributed by atoms with Crippen LogP contribution in [0.4, 0.5) is 5.69 Å². The summed E-state index contributed by atoms with van der Waals surface area (Å²) < 4.78 is 27.4. The highest BCUT2D eigenvalue weighted by molar-refractivity contribution is 7.89. The van der Waals surface area contributed by atoms with Crippen LogP contribution in [-0.2, 0) is 14.8 Å². The molecular weight excluding hydrogens is 370 g/mol. The lowest BCUT2D eigenvalue weighted by Gasteiger charge is -2.27. The van der Waals surface area contributed by atoms with Crippen molar-refractivity contribution in [3.8, 4) is 0 Å². The van der Waals surface area contributed by atoms with Gasteiger partial charge >= 0.3 is 5.97 Å². The first-order valence-electron chi connectivity index (χ1n) is 9.29. The average Bonchev–Trinajstić information content (AvgIpc) is 3.21. The highest BCUT2D eigenvalue weighted by Crippen LogP contribution is 2.29. The maximum atomic E-state index is 12.9. The number of sulfonamides is 1. The van der Waals surface area contributed by atoms with Crippen molar-refractivity contribution in [1.29, 1.82) is 0 Å². The Kier molecular flexibility index (Phi) is 6.01. The summed E-state index contributed by atoms with van der Waals surface area (Å²) in [6, 6.07) is 4.60. The quantitative estimate of drug-likeness (QED) is 0.751. The fourth-order valence-electron chi connectivity index (χ4n) is 3.60. The van der Waals surface area contributed by atoms with Gasteiger partial charge in [-0.05, 0) is 43.9 Å². The molecule has 2 aliphatic rings. The first-order valence-corrected chi connectivity index (χ1v) is 10.7. The Morgan fingerprint density at radius 1 is 1.00 bits per heavy atom. The number of hydrogen-bond donors (Lipinski definition) is 2. The van der Waals surface area contributed by atoms with Gasteiger partial charge in [-0.25, -0.2) is 8.42 Å². The molecule has 0 aliphatic carbocycles. The van der Waals surface area contributed by atoms with Crippen LogP contribution in [0.3, 0.4) is 0 Å². The standard InChI is InChI=1S/C18H25N3O5S/c22-17(23)13-19-18(24)15-12-14(6-7-16(15)20-8-4-5-9-20)27(25,26)21-10-2-1-3-11-21/h6-7,12H,1-5,8-11,13H2,(H,19,24)(H,22,23). The molecule has 0 aromatic heterocycles. The van der Waals surface area contributed by atoms with Crippen LogP contribution in [0.15, 0.2) is 23.1 Å². The van der Waals surface area contributed by atoms with Crippen molar-refractivity contribution < 1.29 is 23.1 Å². The molecule has 9 heteroatoms. The summed E-state index contributed by atoms with van der Waals surface area (Å²) in [6.07, 6.45) is 4.69. The SMILES string of the molecule is O=C(O)CNC(=O)c1cc(S(=O)(=O)N2CCCCC2)ccc1N1CCCC1. The van der Waals surface area contributed by atoms with Crippen LogP contribution in [0.5, 0.6) is 0 Å². The number of carbonyl (C=O) groups is 2. The molecule has 0 bridgehead atoms. The van der Waals surface area contributed by atoms with Crippen molar-refractivity contribution in [3.05, 3.63) is 23.8 Å². The third kappa shape index (κ3) is 4.41. The first kappa shape index (κ1) is 19.6. The second-order valence-corrected chi connectivity index (χ2v) is 8.85. The Bertz CT molecular complexity index is 812. The molecule has 1 aromatic carbocycles. The van der Waals surface area contributed by atoms with Crippen molar-refractivity contribution in [2.75, 3.05) is 37.6 Å². The van der Waals surface area contributed by atoms with Crippen molar-refractivity contribution in [3.63, 3.8) is 0 Å². The third-order valence-electron chi connectivity index (χ3n) is 5.01. The number of amides is 1. The summed E-state index contributed by atoms with van der Waals surface area (Å²) in [5.41, 5.74) is 0.851. The lowest BCUT2D eigenvalue weighted by molar-refractivity contribution is -0.135. The summed E-state index contributed by atoms with van der Waals surface area (Å²) in [5, 5.41) is 11.2. The van der Waals surface area contributed by atoms with Gasteiger partial charge in [-0.15, -0.1) is 0 Å². The minimum Gasteiger partial charge on any atom is -0.480 e. The van der Waals surface area contributed by atoms with Gasteiger partial charge in [0, 0.05) is 31.9 Å². The highest BCUT2D eigenvalue weighted by Gasteiger charge is 2.28. The van der Waals surface area contributed by atoms with Gasteiger partial charge in [-0.1, -0.05) is 6.42 Å². The maximum Gasteiger partial charge on any atom is 0.322 e. The van der Waals surface area contributed by atoms with E-state index in [0.29, 0.717) is 18.8 Å². The van der Waals surface area contributed by atoms with Crippen LogP contribution >= 0.6 is 0 Å². The molecule has 2 heterocycles. The number of carboxylic acid groups (broad SMARTS) is 1. The fraction of sp³-hybridized carbons (Fsp3) is 0.556. The Morgan fingerprint density at radius 3 is 2.26 bits per heavy atom. The molecule has 148 valence electrons. The van der Waals surface area contributed by atoms with E-state index in [1.807, 2.05) is 4.90 Å². The lowest BCUT2D eigenvalue weighted by atomic mass is 10.1. The summed E-state index contributed by atoms with van der Waals surface area (Å²) in [7, 11) is -3.67. The fourth-order valence-corrected chi connectivity index (χ4v) is 5.14. The molecule has 1 amide bonds. The van der Waals surface area contributed by atoms with E-state index < -0.39 is 28.4 Å². The summed E-state index contributed by atoms with van der Waals surface area (Å²) in [5.74, 6) is -1.72. The Labute approximate surface area is 159 Å². The normalized spacial score (nSPS) is 18.4. The van der Waals surface area contributed by atoms with Crippen molar-refractivity contribution in [2.45, 2.75) is 37.0 Å². The van der Waals surface area contributed by atoms with E-state index in [2.05, 4.69) is 5.32 Å². The number of piperidine rings is 1. The van der Waals surface area contributed by atoms with E-state index in [0.717, 1.165) is 45.2 Å². The van der Waals surface area contributed by atoms with E-state index in [1.54, 1.807) is 12.1 Å². The number of benzene rings is 1. The van der Waals surface area contributed by atoms with E-state index in [-0.39, 0.29) is 10.5 Å². The van der Waals surface area contributed by atoms with Gasteiger partial charge in [0.15, 0.2) is 0 Å². The summed E-state index contributed by atoms with van der Waals surface area (Å²) in [4.78, 5) is 25.5. The molecule has 0 saturated carbocycles. The van der Waals surface area contributed by atoms with E-state index in [9.17, 15) is 18.0 Å². The molecule has 0 unspecified atom stereocenters. The highest BCUT2D eigenvalue weighted by atomic mass is 32.2. The molecule has 2 aliphatic heterocycles. The number of carbonyl (C=O) groups excluding carboxylic acids is 1. The van der Waals surface area contributed by atoms with Crippen LogP contribution < -0.4 is 10.2 Å².